The van der Waals surface area contributed by atoms with Gasteiger partial charge in [0.25, 0.3) is 0 Å². The highest BCUT2D eigenvalue weighted by Crippen LogP contribution is 2.31. The van der Waals surface area contributed by atoms with E-state index in [9.17, 15) is 14.7 Å². The lowest BCUT2D eigenvalue weighted by atomic mass is 9.80. The van der Waals surface area contributed by atoms with Crippen LogP contribution in [0.25, 0.3) is 0 Å². The van der Waals surface area contributed by atoms with Gasteiger partial charge in [-0.25, -0.2) is 4.79 Å². The average Bonchev–Trinajstić information content (AvgIpc) is 2.64. The molecule has 6 nitrogen and oxygen atoms in total. The topological polar surface area (TPSA) is 87.1 Å². The van der Waals surface area contributed by atoms with Gasteiger partial charge in [0.1, 0.15) is 0 Å². The molecule has 0 aromatic heterocycles. The van der Waals surface area contributed by atoms with Crippen LogP contribution in [0.5, 0.6) is 0 Å². The van der Waals surface area contributed by atoms with Gasteiger partial charge in [-0.2, -0.15) is 0 Å². The van der Waals surface area contributed by atoms with Crippen molar-refractivity contribution >= 4 is 12.1 Å². The number of amides is 1. The molecule has 3 unspecified atom stereocenters. The van der Waals surface area contributed by atoms with Crippen molar-refractivity contribution in [1.29, 1.82) is 0 Å². The second-order valence-corrected chi connectivity index (χ2v) is 8.02. The lowest BCUT2D eigenvalue weighted by Crippen LogP contribution is -2.44. The molecule has 4 atom stereocenters. The minimum absolute atomic E-state index is 0.101. The van der Waals surface area contributed by atoms with Crippen molar-refractivity contribution in [3.63, 3.8) is 0 Å². The molecule has 2 N–H and O–H groups in total. The van der Waals surface area contributed by atoms with E-state index in [0.717, 1.165) is 12.3 Å². The molecule has 0 spiro atoms. The SMILES string of the molecule is CC1CCCC(CC(O)C=C[C@H]2CCOC(=O)N2CC#CCCCC(=O)O)C1. The number of carboxylic acid groups (broad SMARTS) is 1. The number of cyclic esters (lactones) is 1. The molecule has 2 fully saturated rings. The standard InChI is InChI=1S/C22H33NO5/c1-17-7-6-8-18(15-17)16-20(24)11-10-19-12-14-28-22(27)23(19)13-5-3-2-4-9-21(25)26/h10-11,17-20,24H,2,4,6-9,12-16H2,1H3,(H,25,26)/t17?,18?,19-,20?/m0/s1. The third kappa shape index (κ3) is 7.93. The number of hydrogen-bond donors (Lipinski definition) is 2. The number of unbranched alkanes of at least 4 members (excludes halogenated alkanes) is 1. The highest BCUT2D eigenvalue weighted by Gasteiger charge is 2.27. The summed E-state index contributed by atoms with van der Waals surface area (Å²) in [5, 5.41) is 19.0. The Morgan fingerprint density at radius 3 is 2.93 bits per heavy atom. The number of ether oxygens (including phenoxy) is 1. The van der Waals surface area contributed by atoms with Crippen LogP contribution in [0.3, 0.4) is 0 Å². The van der Waals surface area contributed by atoms with Crippen LogP contribution in [0.1, 0.15) is 64.7 Å². The van der Waals surface area contributed by atoms with E-state index in [2.05, 4.69) is 18.8 Å². The molecule has 1 aliphatic heterocycles. The van der Waals surface area contributed by atoms with Crippen LogP contribution >= 0.6 is 0 Å². The molecule has 2 rings (SSSR count). The van der Waals surface area contributed by atoms with Crippen molar-refractivity contribution in [2.75, 3.05) is 13.2 Å². The lowest BCUT2D eigenvalue weighted by molar-refractivity contribution is -0.137. The van der Waals surface area contributed by atoms with Crippen LogP contribution < -0.4 is 0 Å². The first kappa shape index (κ1) is 22.3. The molecular weight excluding hydrogens is 358 g/mol. The third-order valence-corrected chi connectivity index (χ3v) is 5.52. The molecule has 6 heteroatoms. The summed E-state index contributed by atoms with van der Waals surface area (Å²) in [6.07, 6.45) is 10.3. The second kappa shape index (κ2) is 11.8. The Labute approximate surface area is 167 Å². The third-order valence-electron chi connectivity index (χ3n) is 5.52. The predicted molar refractivity (Wildman–Crippen MR) is 107 cm³/mol. The van der Waals surface area contributed by atoms with E-state index in [4.69, 9.17) is 9.84 Å². The van der Waals surface area contributed by atoms with Crippen molar-refractivity contribution < 1.29 is 24.5 Å². The van der Waals surface area contributed by atoms with E-state index in [0.29, 0.717) is 31.8 Å². The molecular formula is C22H33NO5. The zero-order chi connectivity index (χ0) is 20.4. The van der Waals surface area contributed by atoms with E-state index in [1.165, 1.54) is 25.7 Å². The average molecular weight is 392 g/mol. The normalized spacial score (nSPS) is 26.4. The summed E-state index contributed by atoms with van der Waals surface area (Å²) in [5.74, 6) is 6.34. The monoisotopic (exact) mass is 391 g/mol. The second-order valence-electron chi connectivity index (χ2n) is 8.02. The Morgan fingerprint density at radius 1 is 1.36 bits per heavy atom. The maximum atomic E-state index is 12.1. The molecule has 28 heavy (non-hydrogen) atoms. The van der Waals surface area contributed by atoms with E-state index in [-0.39, 0.29) is 19.0 Å². The number of hydrogen-bond acceptors (Lipinski definition) is 4. The summed E-state index contributed by atoms with van der Waals surface area (Å²) in [5.41, 5.74) is 0. The van der Waals surface area contributed by atoms with Crippen molar-refractivity contribution in [3.05, 3.63) is 12.2 Å². The van der Waals surface area contributed by atoms with E-state index < -0.39 is 18.2 Å². The fourth-order valence-corrected chi connectivity index (χ4v) is 4.03. The zero-order valence-corrected chi connectivity index (χ0v) is 16.8. The molecule has 1 heterocycles. The summed E-state index contributed by atoms with van der Waals surface area (Å²) in [6.45, 7) is 2.90. The Kier molecular flexibility index (Phi) is 9.36. The first-order valence-corrected chi connectivity index (χ1v) is 10.4. The van der Waals surface area contributed by atoms with Crippen molar-refractivity contribution in [2.45, 2.75) is 76.9 Å². The highest BCUT2D eigenvalue weighted by molar-refractivity contribution is 5.69. The number of rotatable bonds is 8. The number of carboxylic acids is 1. The first-order chi connectivity index (χ1) is 13.5. The van der Waals surface area contributed by atoms with E-state index in [1.807, 2.05) is 12.2 Å². The number of nitrogens with zero attached hydrogens (tertiary/aromatic N) is 1. The molecule has 0 bridgehead atoms. The number of aliphatic hydroxyl groups is 1. The molecule has 1 saturated heterocycles. The van der Waals surface area contributed by atoms with Crippen molar-refractivity contribution in [2.24, 2.45) is 11.8 Å². The Balaban J connectivity index is 1.83. The summed E-state index contributed by atoms with van der Waals surface area (Å²) in [6, 6.07) is -0.130. The van der Waals surface area contributed by atoms with E-state index >= 15 is 0 Å². The van der Waals surface area contributed by atoms with Gasteiger partial charge in [-0.1, -0.05) is 44.3 Å². The van der Waals surface area contributed by atoms with Gasteiger partial charge in [0.15, 0.2) is 0 Å². The Bertz CT molecular complexity index is 606. The maximum Gasteiger partial charge on any atom is 0.411 e. The molecule has 156 valence electrons. The highest BCUT2D eigenvalue weighted by atomic mass is 16.6. The zero-order valence-electron chi connectivity index (χ0n) is 16.8. The van der Waals surface area contributed by atoms with Crippen LogP contribution in [0.4, 0.5) is 4.79 Å². The molecule has 1 aliphatic carbocycles. The number of aliphatic hydroxyl groups excluding tert-OH is 1. The molecule has 0 radical (unpaired) electrons. The van der Waals surface area contributed by atoms with E-state index in [1.54, 1.807) is 4.90 Å². The quantitative estimate of drug-likeness (QED) is 0.375. The van der Waals surface area contributed by atoms with Gasteiger partial charge in [-0.15, -0.1) is 5.92 Å². The first-order valence-electron chi connectivity index (χ1n) is 10.4. The number of carbonyl (C=O) groups is 2. The summed E-state index contributed by atoms with van der Waals surface area (Å²) < 4.78 is 5.12. The number of aliphatic carboxylic acids is 1. The predicted octanol–water partition coefficient (Wildman–Crippen LogP) is 3.59. The maximum absolute atomic E-state index is 12.1. The van der Waals surface area contributed by atoms with Gasteiger partial charge in [0, 0.05) is 19.3 Å². The number of carbonyl (C=O) groups excluding carboxylic acids is 1. The fourth-order valence-electron chi connectivity index (χ4n) is 4.03. The summed E-state index contributed by atoms with van der Waals surface area (Å²) in [4.78, 5) is 24.1. The van der Waals surface area contributed by atoms with Crippen LogP contribution in [0, 0.1) is 23.7 Å². The summed E-state index contributed by atoms with van der Waals surface area (Å²) in [7, 11) is 0. The van der Waals surface area contributed by atoms with Gasteiger partial charge in [0.05, 0.1) is 25.3 Å². The fraction of sp³-hybridized carbons (Fsp3) is 0.727. The Morgan fingerprint density at radius 2 is 2.18 bits per heavy atom. The smallest absolute Gasteiger partial charge is 0.411 e. The molecule has 0 aromatic carbocycles. The minimum Gasteiger partial charge on any atom is -0.481 e. The largest absolute Gasteiger partial charge is 0.481 e. The van der Waals surface area contributed by atoms with Crippen molar-refractivity contribution in [3.8, 4) is 11.8 Å². The summed E-state index contributed by atoms with van der Waals surface area (Å²) >= 11 is 0. The van der Waals surface area contributed by atoms with Crippen LogP contribution in [0.15, 0.2) is 12.2 Å². The van der Waals surface area contributed by atoms with Crippen LogP contribution in [0.2, 0.25) is 0 Å². The minimum atomic E-state index is -0.826. The van der Waals surface area contributed by atoms with Crippen LogP contribution in [-0.2, 0) is 9.53 Å². The van der Waals surface area contributed by atoms with Crippen molar-refractivity contribution in [1.82, 2.24) is 4.90 Å². The van der Waals surface area contributed by atoms with Crippen LogP contribution in [-0.4, -0.2) is 52.5 Å². The van der Waals surface area contributed by atoms with Gasteiger partial charge in [0.2, 0.25) is 0 Å². The molecule has 0 aromatic rings. The lowest BCUT2D eigenvalue weighted by Gasteiger charge is -2.32. The molecule has 1 amide bonds. The molecule has 2 aliphatic rings. The van der Waals surface area contributed by atoms with Gasteiger partial charge in [-0.05, 0) is 31.1 Å². The van der Waals surface area contributed by atoms with Gasteiger partial charge in [-0.3, -0.25) is 9.69 Å². The van der Waals surface area contributed by atoms with Gasteiger partial charge < -0.3 is 14.9 Å². The van der Waals surface area contributed by atoms with Gasteiger partial charge >= 0.3 is 12.1 Å². The molecule has 1 saturated carbocycles. The Hall–Kier alpha value is -2.00.